The molecule has 0 amide bonds. The molecular formula is C10H11ClN2O5. The summed E-state index contributed by atoms with van der Waals surface area (Å²) >= 11 is 5.67. The third kappa shape index (κ3) is 3.31. The lowest BCUT2D eigenvalue weighted by molar-refractivity contribution is -0.384. The van der Waals surface area contributed by atoms with E-state index >= 15 is 0 Å². The molecule has 1 aromatic rings. The fourth-order valence-corrected chi connectivity index (χ4v) is 1.26. The monoisotopic (exact) mass is 274 g/mol. The van der Waals surface area contributed by atoms with Crippen LogP contribution in [-0.2, 0) is 4.79 Å². The van der Waals surface area contributed by atoms with Crippen LogP contribution < -0.4 is 10.5 Å². The zero-order valence-corrected chi connectivity index (χ0v) is 10.2. The van der Waals surface area contributed by atoms with Crippen molar-refractivity contribution in [2.75, 3.05) is 6.61 Å². The van der Waals surface area contributed by atoms with E-state index in [9.17, 15) is 14.9 Å². The number of benzene rings is 1. The third-order valence-electron chi connectivity index (χ3n) is 2.14. The van der Waals surface area contributed by atoms with Crippen molar-refractivity contribution in [2.45, 2.75) is 12.5 Å². The number of nitrogens with zero attached hydrogens (tertiary/aromatic N) is 1. The number of hydrogen-bond acceptors (Lipinski definition) is 5. The number of nitrogens with two attached hydrogens (primary N) is 1. The SMILES string of the molecule is CC(N)(COc1ccc([N+](=O)[O-])c(Cl)c1)C(=O)O. The summed E-state index contributed by atoms with van der Waals surface area (Å²) in [6.07, 6.45) is 0. The van der Waals surface area contributed by atoms with Crippen molar-refractivity contribution in [3.8, 4) is 5.75 Å². The fourth-order valence-electron chi connectivity index (χ4n) is 1.02. The molecule has 0 bridgehead atoms. The summed E-state index contributed by atoms with van der Waals surface area (Å²) in [7, 11) is 0. The first-order valence-corrected chi connectivity index (χ1v) is 5.21. The van der Waals surface area contributed by atoms with Crippen LogP contribution >= 0.6 is 11.6 Å². The maximum Gasteiger partial charge on any atom is 0.326 e. The predicted molar refractivity (Wildman–Crippen MR) is 63.8 cm³/mol. The summed E-state index contributed by atoms with van der Waals surface area (Å²) in [6, 6.07) is 3.73. The number of nitro groups is 1. The van der Waals surface area contributed by atoms with Crippen molar-refractivity contribution < 1.29 is 19.6 Å². The number of carboxylic acids is 1. The highest BCUT2D eigenvalue weighted by Crippen LogP contribution is 2.28. The minimum absolute atomic E-state index is 0.0912. The lowest BCUT2D eigenvalue weighted by Crippen LogP contribution is -2.49. The lowest BCUT2D eigenvalue weighted by atomic mass is 10.1. The van der Waals surface area contributed by atoms with Crippen LogP contribution in [0.3, 0.4) is 0 Å². The summed E-state index contributed by atoms with van der Waals surface area (Å²) in [5.41, 5.74) is 3.66. The van der Waals surface area contributed by atoms with Crippen molar-refractivity contribution in [1.29, 1.82) is 0 Å². The van der Waals surface area contributed by atoms with Gasteiger partial charge in [0.25, 0.3) is 5.69 Å². The molecule has 1 aromatic carbocycles. The predicted octanol–water partition coefficient (Wildman–Crippen LogP) is 1.43. The molecule has 0 aliphatic heterocycles. The second-order valence-corrected chi connectivity index (χ2v) is 4.29. The molecule has 0 aliphatic rings. The smallest absolute Gasteiger partial charge is 0.326 e. The normalized spacial score (nSPS) is 13.7. The molecule has 18 heavy (non-hydrogen) atoms. The highest BCUT2D eigenvalue weighted by molar-refractivity contribution is 6.32. The lowest BCUT2D eigenvalue weighted by Gasteiger charge is -2.19. The van der Waals surface area contributed by atoms with Crippen LogP contribution in [0.2, 0.25) is 5.02 Å². The van der Waals surface area contributed by atoms with Gasteiger partial charge >= 0.3 is 5.97 Å². The van der Waals surface area contributed by atoms with Gasteiger partial charge in [-0.1, -0.05) is 11.6 Å². The van der Waals surface area contributed by atoms with Crippen molar-refractivity contribution in [3.63, 3.8) is 0 Å². The molecule has 0 aliphatic carbocycles. The first-order valence-electron chi connectivity index (χ1n) is 4.83. The number of ether oxygens (including phenoxy) is 1. The van der Waals surface area contributed by atoms with Crippen molar-refractivity contribution in [1.82, 2.24) is 0 Å². The van der Waals surface area contributed by atoms with Gasteiger partial charge in [0.15, 0.2) is 0 Å². The topological polar surface area (TPSA) is 116 Å². The first-order chi connectivity index (χ1) is 8.24. The average molecular weight is 275 g/mol. The number of rotatable bonds is 5. The van der Waals surface area contributed by atoms with Gasteiger partial charge in [0.2, 0.25) is 0 Å². The van der Waals surface area contributed by atoms with Crippen LogP contribution in [0.25, 0.3) is 0 Å². The van der Waals surface area contributed by atoms with Crippen LogP contribution in [0.15, 0.2) is 18.2 Å². The Kier molecular flexibility index (Phi) is 4.10. The number of halogens is 1. The molecule has 8 heteroatoms. The molecule has 0 saturated carbocycles. The Morgan fingerprint density at radius 3 is 2.72 bits per heavy atom. The molecule has 3 N–H and O–H groups in total. The quantitative estimate of drug-likeness (QED) is 0.620. The van der Waals surface area contributed by atoms with Crippen LogP contribution in [0.1, 0.15) is 6.92 Å². The minimum atomic E-state index is -1.55. The van der Waals surface area contributed by atoms with E-state index in [2.05, 4.69) is 0 Å². The van der Waals surface area contributed by atoms with Crippen LogP contribution in [0, 0.1) is 10.1 Å². The second-order valence-electron chi connectivity index (χ2n) is 3.88. The maximum atomic E-state index is 10.7. The zero-order valence-electron chi connectivity index (χ0n) is 9.42. The number of carboxylic acid groups (broad SMARTS) is 1. The maximum absolute atomic E-state index is 10.7. The minimum Gasteiger partial charge on any atom is -0.491 e. The Balaban J connectivity index is 2.79. The molecule has 1 unspecified atom stereocenters. The van der Waals surface area contributed by atoms with Crippen LogP contribution in [-0.4, -0.2) is 28.1 Å². The van der Waals surface area contributed by atoms with Crippen molar-refractivity contribution in [2.24, 2.45) is 5.73 Å². The number of carbonyl (C=O) groups is 1. The van der Waals surface area contributed by atoms with Gasteiger partial charge in [-0.2, -0.15) is 0 Å². The molecule has 1 rings (SSSR count). The summed E-state index contributed by atoms with van der Waals surface area (Å²) in [5.74, 6) is -1.00. The van der Waals surface area contributed by atoms with Gasteiger partial charge in [-0.15, -0.1) is 0 Å². The summed E-state index contributed by atoms with van der Waals surface area (Å²) in [5, 5.41) is 19.2. The number of nitro benzene ring substituents is 1. The second kappa shape index (κ2) is 5.19. The molecule has 0 saturated heterocycles. The van der Waals surface area contributed by atoms with Gasteiger partial charge < -0.3 is 15.6 Å². The Morgan fingerprint density at radius 2 is 2.28 bits per heavy atom. The molecule has 0 radical (unpaired) electrons. The highest BCUT2D eigenvalue weighted by Gasteiger charge is 2.29. The molecule has 98 valence electrons. The van der Waals surface area contributed by atoms with Gasteiger partial charge in [0, 0.05) is 12.1 Å². The number of aliphatic carboxylic acids is 1. The van der Waals surface area contributed by atoms with Gasteiger partial charge in [-0.05, 0) is 13.0 Å². The van der Waals surface area contributed by atoms with Crippen LogP contribution in [0.5, 0.6) is 5.75 Å². The molecular weight excluding hydrogens is 264 g/mol. The zero-order chi connectivity index (χ0) is 13.9. The molecule has 0 fully saturated rings. The Hall–Kier alpha value is -1.86. The van der Waals surface area contributed by atoms with E-state index in [1.165, 1.54) is 25.1 Å². The van der Waals surface area contributed by atoms with Gasteiger partial charge in [-0.25, -0.2) is 0 Å². The van der Waals surface area contributed by atoms with E-state index in [-0.39, 0.29) is 23.1 Å². The van der Waals surface area contributed by atoms with Crippen molar-refractivity contribution in [3.05, 3.63) is 33.3 Å². The van der Waals surface area contributed by atoms with E-state index in [4.69, 9.17) is 27.2 Å². The Morgan fingerprint density at radius 1 is 1.67 bits per heavy atom. The van der Waals surface area contributed by atoms with Gasteiger partial charge in [0.1, 0.15) is 22.9 Å². The number of hydrogen-bond donors (Lipinski definition) is 2. The molecule has 0 spiro atoms. The largest absolute Gasteiger partial charge is 0.491 e. The van der Waals surface area contributed by atoms with E-state index < -0.39 is 16.4 Å². The van der Waals surface area contributed by atoms with E-state index in [0.717, 1.165) is 0 Å². The fraction of sp³-hybridized carbons (Fsp3) is 0.300. The van der Waals surface area contributed by atoms with E-state index in [1.807, 2.05) is 0 Å². The third-order valence-corrected chi connectivity index (χ3v) is 2.45. The van der Waals surface area contributed by atoms with Gasteiger partial charge in [-0.3, -0.25) is 14.9 Å². The standard InChI is InChI=1S/C10H11ClN2O5/c1-10(12,9(14)15)5-18-6-2-3-8(13(16)17)7(11)4-6/h2-4H,5,12H2,1H3,(H,14,15). The molecule has 0 heterocycles. The van der Waals surface area contributed by atoms with Crippen molar-refractivity contribution >= 4 is 23.3 Å². The summed E-state index contributed by atoms with van der Waals surface area (Å²) < 4.78 is 5.13. The highest BCUT2D eigenvalue weighted by atomic mass is 35.5. The molecule has 7 nitrogen and oxygen atoms in total. The Labute approximate surface area is 107 Å². The van der Waals surface area contributed by atoms with Crippen LogP contribution in [0.4, 0.5) is 5.69 Å². The van der Waals surface area contributed by atoms with Gasteiger partial charge in [0.05, 0.1) is 4.92 Å². The molecule has 0 aromatic heterocycles. The first kappa shape index (κ1) is 14.2. The van der Waals surface area contributed by atoms with E-state index in [1.54, 1.807) is 0 Å². The molecule has 1 atom stereocenters. The Bertz CT molecular complexity index is 489. The summed E-state index contributed by atoms with van der Waals surface area (Å²) in [6.45, 7) is 1.01. The van der Waals surface area contributed by atoms with E-state index in [0.29, 0.717) is 0 Å². The summed E-state index contributed by atoms with van der Waals surface area (Å²) in [4.78, 5) is 20.6. The average Bonchev–Trinajstić information content (AvgIpc) is 2.25.